The van der Waals surface area contributed by atoms with Crippen LogP contribution in [-0.4, -0.2) is 9.78 Å². The minimum absolute atomic E-state index is 0.107. The lowest BCUT2D eigenvalue weighted by atomic mass is 10.2. The number of halogens is 4. The summed E-state index contributed by atoms with van der Waals surface area (Å²) in [6, 6.07) is 6.66. The highest BCUT2D eigenvalue weighted by molar-refractivity contribution is 9.08. The van der Waals surface area contributed by atoms with Crippen molar-refractivity contribution in [2.75, 3.05) is 0 Å². The highest BCUT2D eigenvalue weighted by atomic mass is 79.9. The summed E-state index contributed by atoms with van der Waals surface area (Å²) in [6.45, 7) is 0. The fourth-order valence-electron chi connectivity index (χ4n) is 1.54. The SMILES string of the molecule is FC(F)c1c(CBr)cnn1-c1cccc(Cl)c1. The monoisotopic (exact) mass is 320 g/mol. The van der Waals surface area contributed by atoms with Gasteiger partial charge in [0, 0.05) is 15.9 Å². The molecule has 1 aromatic carbocycles. The Hall–Kier alpha value is -0.940. The maximum absolute atomic E-state index is 13.0. The summed E-state index contributed by atoms with van der Waals surface area (Å²) in [5.41, 5.74) is 0.893. The molecule has 0 radical (unpaired) electrons. The van der Waals surface area contributed by atoms with Gasteiger partial charge in [0.2, 0.25) is 0 Å². The van der Waals surface area contributed by atoms with E-state index in [4.69, 9.17) is 11.6 Å². The molecule has 2 rings (SSSR count). The molecule has 0 N–H and O–H groups in total. The molecule has 2 nitrogen and oxygen atoms in total. The summed E-state index contributed by atoms with van der Waals surface area (Å²) >= 11 is 8.99. The first-order valence-corrected chi connectivity index (χ1v) is 6.30. The molecule has 90 valence electrons. The Labute approximate surface area is 110 Å². The van der Waals surface area contributed by atoms with Gasteiger partial charge in [-0.3, -0.25) is 0 Å². The smallest absolute Gasteiger partial charge is 0.232 e. The van der Waals surface area contributed by atoms with Crippen molar-refractivity contribution in [1.82, 2.24) is 9.78 Å². The third-order valence-electron chi connectivity index (χ3n) is 2.29. The van der Waals surface area contributed by atoms with Gasteiger partial charge in [0.25, 0.3) is 6.43 Å². The second kappa shape index (κ2) is 5.14. The summed E-state index contributed by atoms with van der Waals surface area (Å²) in [4.78, 5) is 0. The summed E-state index contributed by atoms with van der Waals surface area (Å²) in [6.07, 6.45) is -1.15. The van der Waals surface area contributed by atoms with E-state index in [1.54, 1.807) is 24.3 Å². The third kappa shape index (κ3) is 2.50. The molecule has 0 fully saturated rings. The maximum atomic E-state index is 13.0. The standard InChI is InChI=1S/C11H8BrClF2N2/c12-5-7-6-16-17(10(7)11(14)15)9-3-1-2-8(13)4-9/h1-4,6,11H,5H2. The fourth-order valence-corrected chi connectivity index (χ4v) is 2.16. The topological polar surface area (TPSA) is 17.8 Å². The lowest BCUT2D eigenvalue weighted by Crippen LogP contribution is -2.03. The first-order chi connectivity index (χ1) is 8.13. The van der Waals surface area contributed by atoms with E-state index in [-0.39, 0.29) is 5.69 Å². The lowest BCUT2D eigenvalue weighted by molar-refractivity contribution is 0.142. The van der Waals surface area contributed by atoms with E-state index in [0.717, 1.165) is 0 Å². The molecule has 0 saturated heterocycles. The van der Waals surface area contributed by atoms with Gasteiger partial charge in [-0.25, -0.2) is 13.5 Å². The Morgan fingerprint density at radius 2 is 2.18 bits per heavy atom. The Kier molecular flexibility index (Phi) is 3.79. The van der Waals surface area contributed by atoms with Crippen molar-refractivity contribution < 1.29 is 8.78 Å². The number of aromatic nitrogens is 2. The zero-order chi connectivity index (χ0) is 12.4. The van der Waals surface area contributed by atoms with Crippen molar-refractivity contribution in [2.45, 2.75) is 11.8 Å². The second-order valence-electron chi connectivity index (χ2n) is 3.38. The maximum Gasteiger partial charge on any atom is 0.280 e. The summed E-state index contributed by atoms with van der Waals surface area (Å²) in [5.74, 6) is 0. The first-order valence-electron chi connectivity index (χ1n) is 4.80. The average molecular weight is 322 g/mol. The van der Waals surface area contributed by atoms with Gasteiger partial charge in [-0.15, -0.1) is 0 Å². The van der Waals surface area contributed by atoms with Gasteiger partial charge in [0.05, 0.1) is 11.9 Å². The van der Waals surface area contributed by atoms with Crippen molar-refractivity contribution in [3.8, 4) is 5.69 Å². The van der Waals surface area contributed by atoms with Crippen LogP contribution in [0.25, 0.3) is 5.69 Å². The van der Waals surface area contributed by atoms with Crippen LogP contribution in [0, 0.1) is 0 Å². The molecule has 0 saturated carbocycles. The van der Waals surface area contributed by atoms with Crippen LogP contribution in [-0.2, 0) is 5.33 Å². The number of benzene rings is 1. The molecule has 0 aliphatic rings. The molecule has 0 aliphatic heterocycles. The summed E-state index contributed by atoms with van der Waals surface area (Å²) in [7, 11) is 0. The number of hydrogen-bond acceptors (Lipinski definition) is 1. The highest BCUT2D eigenvalue weighted by Crippen LogP contribution is 2.27. The van der Waals surface area contributed by atoms with Crippen molar-refractivity contribution in [3.05, 3.63) is 46.7 Å². The first kappa shape index (κ1) is 12.5. The molecule has 0 spiro atoms. The number of hydrogen-bond donors (Lipinski definition) is 0. The van der Waals surface area contributed by atoms with Gasteiger partial charge in [0.1, 0.15) is 5.69 Å². The molecular weight excluding hydrogens is 313 g/mol. The molecule has 0 aliphatic carbocycles. The van der Waals surface area contributed by atoms with Crippen LogP contribution >= 0.6 is 27.5 Å². The second-order valence-corrected chi connectivity index (χ2v) is 4.38. The van der Waals surface area contributed by atoms with Gasteiger partial charge in [-0.2, -0.15) is 5.10 Å². The van der Waals surface area contributed by atoms with Crippen LogP contribution in [0.1, 0.15) is 17.7 Å². The molecule has 1 aromatic heterocycles. The molecular formula is C11H8BrClF2N2. The van der Waals surface area contributed by atoms with Crippen molar-refractivity contribution in [3.63, 3.8) is 0 Å². The van der Waals surface area contributed by atoms with Crippen molar-refractivity contribution >= 4 is 27.5 Å². The molecule has 17 heavy (non-hydrogen) atoms. The zero-order valence-electron chi connectivity index (χ0n) is 8.58. The Morgan fingerprint density at radius 1 is 1.41 bits per heavy atom. The van der Waals surface area contributed by atoms with E-state index in [2.05, 4.69) is 21.0 Å². The van der Waals surface area contributed by atoms with E-state index in [0.29, 0.717) is 21.6 Å². The van der Waals surface area contributed by atoms with Crippen LogP contribution in [0.15, 0.2) is 30.5 Å². The van der Waals surface area contributed by atoms with Crippen LogP contribution in [0.4, 0.5) is 8.78 Å². The largest absolute Gasteiger partial charge is 0.280 e. The van der Waals surface area contributed by atoms with Gasteiger partial charge >= 0.3 is 0 Å². The predicted molar refractivity (Wildman–Crippen MR) is 66.2 cm³/mol. The number of rotatable bonds is 3. The molecule has 0 amide bonds. The summed E-state index contributed by atoms with van der Waals surface area (Å²) in [5, 5.41) is 4.79. The summed E-state index contributed by atoms with van der Waals surface area (Å²) < 4.78 is 27.2. The van der Waals surface area contributed by atoms with E-state index >= 15 is 0 Å². The third-order valence-corrected chi connectivity index (χ3v) is 3.13. The van der Waals surface area contributed by atoms with Crippen molar-refractivity contribution in [2.24, 2.45) is 0 Å². The molecule has 6 heteroatoms. The van der Waals surface area contributed by atoms with Crippen LogP contribution in [0.3, 0.4) is 0 Å². The minimum atomic E-state index is -2.58. The molecule has 0 atom stereocenters. The number of nitrogens with zero attached hydrogens (tertiary/aromatic N) is 2. The molecule has 2 aromatic rings. The van der Waals surface area contributed by atoms with Gasteiger partial charge < -0.3 is 0 Å². The quantitative estimate of drug-likeness (QED) is 0.768. The van der Waals surface area contributed by atoms with Crippen molar-refractivity contribution in [1.29, 1.82) is 0 Å². The predicted octanol–water partition coefficient (Wildman–Crippen LogP) is 4.36. The molecule has 1 heterocycles. The lowest BCUT2D eigenvalue weighted by Gasteiger charge is -2.08. The van der Waals surface area contributed by atoms with Crippen LogP contribution < -0.4 is 0 Å². The van der Waals surface area contributed by atoms with Crippen LogP contribution in [0.5, 0.6) is 0 Å². The minimum Gasteiger partial charge on any atom is -0.232 e. The van der Waals surface area contributed by atoms with Gasteiger partial charge in [-0.05, 0) is 18.2 Å². The van der Waals surface area contributed by atoms with E-state index in [9.17, 15) is 8.78 Å². The van der Waals surface area contributed by atoms with Gasteiger partial charge in [-0.1, -0.05) is 33.6 Å². The van der Waals surface area contributed by atoms with Crippen LogP contribution in [0.2, 0.25) is 5.02 Å². The Morgan fingerprint density at radius 3 is 2.76 bits per heavy atom. The van der Waals surface area contributed by atoms with E-state index in [1.165, 1.54) is 10.9 Å². The zero-order valence-corrected chi connectivity index (χ0v) is 10.9. The molecule has 0 unspecified atom stereocenters. The van der Waals surface area contributed by atoms with E-state index < -0.39 is 6.43 Å². The van der Waals surface area contributed by atoms with E-state index in [1.807, 2.05) is 0 Å². The number of alkyl halides is 3. The Balaban J connectivity index is 2.56. The Bertz CT molecular complexity index is 528. The molecule has 0 bridgehead atoms. The van der Waals surface area contributed by atoms with Gasteiger partial charge in [0.15, 0.2) is 0 Å². The average Bonchev–Trinajstić information content (AvgIpc) is 2.72. The normalized spacial score (nSPS) is 11.1. The fraction of sp³-hybridized carbons (Fsp3) is 0.182. The highest BCUT2D eigenvalue weighted by Gasteiger charge is 2.20.